The van der Waals surface area contributed by atoms with Crippen molar-refractivity contribution in [2.45, 2.75) is 6.92 Å². The number of carbonyl (C=O) groups excluding carboxylic acids is 1. The molecule has 0 atom stereocenters. The average Bonchev–Trinajstić information content (AvgIpc) is 2.71. The largest absolute Gasteiger partial charge is 0.492 e. The SMILES string of the molecule is Cc1cccc(OCCNC(=O)c2ccccc2-c2ccccc2C#N)c1. The molecule has 1 amide bonds. The summed E-state index contributed by atoms with van der Waals surface area (Å²) in [4.78, 5) is 12.7. The summed E-state index contributed by atoms with van der Waals surface area (Å²) >= 11 is 0. The molecule has 134 valence electrons. The van der Waals surface area contributed by atoms with Crippen molar-refractivity contribution >= 4 is 5.91 Å². The summed E-state index contributed by atoms with van der Waals surface area (Å²) in [6.45, 7) is 2.78. The third-order valence-corrected chi connectivity index (χ3v) is 4.16. The number of nitrogens with zero attached hydrogens (tertiary/aromatic N) is 1. The zero-order chi connectivity index (χ0) is 19.1. The van der Waals surface area contributed by atoms with E-state index in [4.69, 9.17) is 4.74 Å². The van der Waals surface area contributed by atoms with E-state index in [2.05, 4.69) is 11.4 Å². The number of ether oxygens (including phenoxy) is 1. The first-order valence-corrected chi connectivity index (χ1v) is 8.75. The minimum Gasteiger partial charge on any atom is -0.492 e. The van der Waals surface area contributed by atoms with E-state index in [1.54, 1.807) is 12.1 Å². The van der Waals surface area contributed by atoms with Crippen molar-refractivity contribution < 1.29 is 9.53 Å². The number of carbonyl (C=O) groups is 1. The van der Waals surface area contributed by atoms with Crippen LogP contribution in [0.4, 0.5) is 0 Å². The lowest BCUT2D eigenvalue weighted by atomic mass is 9.95. The van der Waals surface area contributed by atoms with Gasteiger partial charge in [0.15, 0.2) is 0 Å². The van der Waals surface area contributed by atoms with Crippen LogP contribution in [-0.2, 0) is 0 Å². The van der Waals surface area contributed by atoms with Crippen LogP contribution in [0.25, 0.3) is 11.1 Å². The average molecular weight is 356 g/mol. The monoisotopic (exact) mass is 356 g/mol. The highest BCUT2D eigenvalue weighted by Gasteiger charge is 2.14. The van der Waals surface area contributed by atoms with E-state index in [-0.39, 0.29) is 5.91 Å². The van der Waals surface area contributed by atoms with Crippen LogP contribution in [0.1, 0.15) is 21.5 Å². The lowest BCUT2D eigenvalue weighted by Crippen LogP contribution is -2.28. The Kier molecular flexibility index (Phi) is 5.86. The highest BCUT2D eigenvalue weighted by molar-refractivity contribution is 6.01. The van der Waals surface area contributed by atoms with Gasteiger partial charge in [0.1, 0.15) is 12.4 Å². The molecule has 4 heteroatoms. The van der Waals surface area contributed by atoms with E-state index < -0.39 is 0 Å². The molecule has 3 aromatic rings. The van der Waals surface area contributed by atoms with E-state index in [1.807, 2.05) is 67.6 Å². The van der Waals surface area contributed by atoms with E-state index in [1.165, 1.54) is 0 Å². The minimum absolute atomic E-state index is 0.189. The lowest BCUT2D eigenvalue weighted by Gasteiger charge is -2.12. The third kappa shape index (κ3) is 4.53. The zero-order valence-electron chi connectivity index (χ0n) is 15.1. The first-order chi connectivity index (χ1) is 13.2. The third-order valence-electron chi connectivity index (χ3n) is 4.16. The van der Waals surface area contributed by atoms with Crippen LogP contribution in [0.3, 0.4) is 0 Å². The molecule has 0 aliphatic heterocycles. The molecule has 0 saturated carbocycles. The van der Waals surface area contributed by atoms with Crippen LogP contribution < -0.4 is 10.1 Å². The smallest absolute Gasteiger partial charge is 0.252 e. The number of benzene rings is 3. The van der Waals surface area contributed by atoms with E-state index in [0.29, 0.717) is 24.3 Å². The molecule has 0 saturated heterocycles. The second kappa shape index (κ2) is 8.68. The van der Waals surface area contributed by atoms with Gasteiger partial charge in [-0.25, -0.2) is 0 Å². The van der Waals surface area contributed by atoms with Crippen LogP contribution in [0.15, 0.2) is 72.8 Å². The molecular weight excluding hydrogens is 336 g/mol. The fourth-order valence-corrected chi connectivity index (χ4v) is 2.87. The van der Waals surface area contributed by atoms with Gasteiger partial charge in [-0.15, -0.1) is 0 Å². The predicted molar refractivity (Wildman–Crippen MR) is 106 cm³/mol. The number of aryl methyl sites for hydroxylation is 1. The topological polar surface area (TPSA) is 62.1 Å². The highest BCUT2D eigenvalue weighted by atomic mass is 16.5. The Balaban J connectivity index is 1.68. The van der Waals surface area contributed by atoms with Crippen LogP contribution >= 0.6 is 0 Å². The van der Waals surface area contributed by atoms with Crippen molar-refractivity contribution in [3.05, 3.63) is 89.5 Å². The van der Waals surface area contributed by atoms with Gasteiger partial charge >= 0.3 is 0 Å². The van der Waals surface area contributed by atoms with Gasteiger partial charge in [0.25, 0.3) is 5.91 Å². The number of amides is 1. The Bertz CT molecular complexity index is 989. The van der Waals surface area contributed by atoms with Crippen molar-refractivity contribution in [1.29, 1.82) is 5.26 Å². The Morgan fingerprint density at radius 2 is 1.74 bits per heavy atom. The standard InChI is InChI=1S/C23H20N2O2/c1-17-7-6-9-19(15-17)27-14-13-25-23(26)22-12-5-4-11-21(22)20-10-3-2-8-18(20)16-24/h2-12,15H,13-14H2,1H3,(H,25,26). The zero-order valence-corrected chi connectivity index (χ0v) is 15.1. The molecule has 0 unspecified atom stereocenters. The number of nitriles is 1. The van der Waals surface area contributed by atoms with Crippen molar-refractivity contribution in [2.75, 3.05) is 13.2 Å². The van der Waals surface area contributed by atoms with Gasteiger partial charge in [0, 0.05) is 11.1 Å². The van der Waals surface area contributed by atoms with Crippen LogP contribution in [-0.4, -0.2) is 19.1 Å². The Morgan fingerprint density at radius 1 is 1.00 bits per heavy atom. The summed E-state index contributed by atoms with van der Waals surface area (Å²) in [7, 11) is 0. The van der Waals surface area contributed by atoms with E-state index in [0.717, 1.165) is 22.4 Å². The molecular formula is C23H20N2O2. The second-order valence-corrected chi connectivity index (χ2v) is 6.12. The summed E-state index contributed by atoms with van der Waals surface area (Å²) in [5.74, 6) is 0.596. The van der Waals surface area contributed by atoms with Crippen molar-refractivity contribution in [1.82, 2.24) is 5.32 Å². The van der Waals surface area contributed by atoms with Gasteiger partial charge in [0.05, 0.1) is 18.2 Å². The summed E-state index contributed by atoms with van der Waals surface area (Å²) in [6, 6.07) is 24.5. The maximum Gasteiger partial charge on any atom is 0.252 e. The fourth-order valence-electron chi connectivity index (χ4n) is 2.87. The molecule has 0 spiro atoms. The molecule has 27 heavy (non-hydrogen) atoms. The van der Waals surface area contributed by atoms with E-state index >= 15 is 0 Å². The highest BCUT2D eigenvalue weighted by Crippen LogP contribution is 2.26. The number of hydrogen-bond donors (Lipinski definition) is 1. The molecule has 3 rings (SSSR count). The van der Waals surface area contributed by atoms with Crippen LogP contribution in [0.5, 0.6) is 5.75 Å². The van der Waals surface area contributed by atoms with Crippen molar-refractivity contribution in [2.24, 2.45) is 0 Å². The predicted octanol–water partition coefficient (Wildman–Crippen LogP) is 4.34. The molecule has 4 nitrogen and oxygen atoms in total. The second-order valence-electron chi connectivity index (χ2n) is 6.12. The lowest BCUT2D eigenvalue weighted by molar-refractivity contribution is 0.0947. The maximum atomic E-state index is 12.7. The molecule has 0 aliphatic carbocycles. The molecule has 0 radical (unpaired) electrons. The first-order valence-electron chi connectivity index (χ1n) is 8.75. The van der Waals surface area contributed by atoms with E-state index in [9.17, 15) is 10.1 Å². The van der Waals surface area contributed by atoms with Crippen molar-refractivity contribution in [3.63, 3.8) is 0 Å². The molecule has 0 aliphatic rings. The van der Waals surface area contributed by atoms with Gasteiger partial charge in [-0.1, -0.05) is 48.5 Å². The summed E-state index contributed by atoms with van der Waals surface area (Å²) < 4.78 is 5.67. The maximum absolute atomic E-state index is 12.7. The summed E-state index contributed by atoms with van der Waals surface area (Å²) in [6.07, 6.45) is 0. The molecule has 3 aromatic carbocycles. The van der Waals surface area contributed by atoms with Gasteiger partial charge in [-0.2, -0.15) is 5.26 Å². The first kappa shape index (κ1) is 18.2. The number of hydrogen-bond acceptors (Lipinski definition) is 3. The van der Waals surface area contributed by atoms with Gasteiger partial charge in [-0.3, -0.25) is 4.79 Å². The van der Waals surface area contributed by atoms with Crippen LogP contribution in [0.2, 0.25) is 0 Å². The number of rotatable bonds is 6. The Hall–Kier alpha value is -3.58. The summed E-state index contributed by atoms with van der Waals surface area (Å²) in [5.41, 5.74) is 3.70. The van der Waals surface area contributed by atoms with Gasteiger partial charge < -0.3 is 10.1 Å². The quantitative estimate of drug-likeness (QED) is 0.668. The molecule has 0 aromatic heterocycles. The van der Waals surface area contributed by atoms with Gasteiger partial charge in [-0.05, 0) is 42.3 Å². The molecule has 0 fully saturated rings. The number of nitrogens with one attached hydrogen (secondary N) is 1. The van der Waals surface area contributed by atoms with Crippen LogP contribution in [0, 0.1) is 18.3 Å². The Morgan fingerprint density at radius 3 is 2.52 bits per heavy atom. The Labute approximate surface area is 159 Å². The molecule has 0 heterocycles. The minimum atomic E-state index is -0.189. The normalized spacial score (nSPS) is 10.1. The molecule has 0 bridgehead atoms. The summed E-state index contributed by atoms with van der Waals surface area (Å²) in [5, 5.41) is 12.2. The molecule has 1 N–H and O–H groups in total. The van der Waals surface area contributed by atoms with Gasteiger partial charge in [0.2, 0.25) is 0 Å². The van der Waals surface area contributed by atoms with Crippen molar-refractivity contribution in [3.8, 4) is 22.9 Å². The fraction of sp³-hybridized carbons (Fsp3) is 0.130.